The van der Waals surface area contributed by atoms with E-state index in [1.807, 2.05) is 18.2 Å². The van der Waals surface area contributed by atoms with Crippen molar-refractivity contribution >= 4 is 53.1 Å². The summed E-state index contributed by atoms with van der Waals surface area (Å²) in [5.41, 5.74) is 1.20. The minimum absolute atomic E-state index is 0. The Kier molecular flexibility index (Phi) is 10.8. The molecule has 3 rings (SSSR count). The molecule has 0 radical (unpaired) electrons. The summed E-state index contributed by atoms with van der Waals surface area (Å²) in [5, 5.41) is 18.2. The summed E-state index contributed by atoms with van der Waals surface area (Å²) < 4.78 is 0. The number of halogens is 3. The molecule has 1 aliphatic carbocycles. The van der Waals surface area contributed by atoms with Gasteiger partial charge in [0.05, 0.1) is 16.1 Å². The van der Waals surface area contributed by atoms with Gasteiger partial charge >= 0.3 is 0 Å². The third-order valence-corrected chi connectivity index (χ3v) is 6.50. The second-order valence-corrected chi connectivity index (χ2v) is 8.74. The summed E-state index contributed by atoms with van der Waals surface area (Å²) in [6.07, 6.45) is 5.09. The molecule has 1 aliphatic heterocycles. The van der Waals surface area contributed by atoms with Crippen molar-refractivity contribution in [2.45, 2.75) is 57.7 Å². The lowest BCUT2D eigenvalue weighted by Crippen LogP contribution is -2.48. The van der Waals surface area contributed by atoms with E-state index in [2.05, 4.69) is 22.5 Å². The average molecular weight is 555 g/mol. The fourth-order valence-electron chi connectivity index (χ4n) is 4.08. The van der Waals surface area contributed by atoms with Crippen molar-refractivity contribution < 1.29 is 5.11 Å². The molecule has 2 atom stereocenters. The summed E-state index contributed by atoms with van der Waals surface area (Å²) in [6.45, 7) is 6.61. The number of nitrogens with one attached hydrogen (secondary N) is 2. The van der Waals surface area contributed by atoms with Crippen molar-refractivity contribution in [3.63, 3.8) is 0 Å². The zero-order valence-electron chi connectivity index (χ0n) is 17.0. The van der Waals surface area contributed by atoms with Gasteiger partial charge < -0.3 is 15.7 Å². The SMILES string of the molecule is CCNC(=NCC1CCCC1O)NC1CCN(Cc2ccc(Cl)c(Cl)c2)CC1.I. The number of rotatable bonds is 6. The van der Waals surface area contributed by atoms with Crippen LogP contribution in [-0.4, -0.2) is 54.3 Å². The molecule has 2 fully saturated rings. The first-order chi connectivity index (χ1) is 13.5. The third kappa shape index (κ3) is 7.73. The molecule has 0 aromatic heterocycles. The second kappa shape index (κ2) is 12.5. The predicted molar refractivity (Wildman–Crippen MR) is 133 cm³/mol. The van der Waals surface area contributed by atoms with E-state index in [1.165, 1.54) is 5.56 Å². The van der Waals surface area contributed by atoms with Crippen LogP contribution >= 0.6 is 47.2 Å². The molecule has 29 heavy (non-hydrogen) atoms. The molecule has 5 nitrogen and oxygen atoms in total. The Labute approximate surface area is 201 Å². The lowest BCUT2D eigenvalue weighted by atomic mass is 10.0. The Morgan fingerprint density at radius 1 is 1.17 bits per heavy atom. The molecule has 3 N–H and O–H groups in total. The molecule has 8 heteroatoms. The van der Waals surface area contributed by atoms with Gasteiger partial charge in [0.1, 0.15) is 0 Å². The van der Waals surface area contributed by atoms with E-state index in [-0.39, 0.29) is 30.1 Å². The summed E-state index contributed by atoms with van der Waals surface area (Å²) >= 11 is 12.1. The number of hydrogen-bond donors (Lipinski definition) is 3. The molecule has 0 amide bonds. The number of guanidine groups is 1. The van der Waals surface area contributed by atoms with Crippen molar-refractivity contribution in [3.05, 3.63) is 33.8 Å². The summed E-state index contributed by atoms with van der Waals surface area (Å²) in [4.78, 5) is 7.19. The van der Waals surface area contributed by atoms with Crippen molar-refractivity contribution in [1.82, 2.24) is 15.5 Å². The van der Waals surface area contributed by atoms with Gasteiger partial charge in [0.15, 0.2) is 5.96 Å². The average Bonchev–Trinajstić information content (AvgIpc) is 3.09. The predicted octanol–water partition coefficient (Wildman–Crippen LogP) is 4.29. The van der Waals surface area contributed by atoms with Crippen molar-refractivity contribution in [1.29, 1.82) is 0 Å². The van der Waals surface area contributed by atoms with Gasteiger partial charge in [-0.2, -0.15) is 0 Å². The first kappa shape index (κ1) is 25.0. The number of nitrogens with zero attached hydrogens (tertiary/aromatic N) is 2. The molecule has 1 aromatic carbocycles. The Bertz CT molecular complexity index is 668. The van der Waals surface area contributed by atoms with Crippen LogP contribution in [-0.2, 0) is 6.54 Å². The van der Waals surface area contributed by atoms with Crippen LogP contribution in [0.4, 0.5) is 0 Å². The molecule has 1 aromatic rings. The van der Waals surface area contributed by atoms with Gasteiger partial charge in [-0.05, 0) is 50.3 Å². The van der Waals surface area contributed by atoms with Crippen LogP contribution in [0.15, 0.2) is 23.2 Å². The Balaban J connectivity index is 0.00000300. The molecule has 164 valence electrons. The van der Waals surface area contributed by atoms with Gasteiger partial charge in [0.2, 0.25) is 0 Å². The third-order valence-electron chi connectivity index (χ3n) is 5.77. The Hall–Kier alpha value is -0.280. The fraction of sp³-hybridized carbons (Fsp3) is 0.667. The van der Waals surface area contributed by atoms with Gasteiger partial charge in [0.25, 0.3) is 0 Å². The first-order valence-corrected chi connectivity index (χ1v) is 11.2. The molecule has 1 heterocycles. The summed E-state index contributed by atoms with van der Waals surface area (Å²) in [7, 11) is 0. The maximum atomic E-state index is 10.0. The highest BCUT2D eigenvalue weighted by atomic mass is 127. The molecule has 2 unspecified atom stereocenters. The lowest BCUT2D eigenvalue weighted by Gasteiger charge is -2.33. The number of likely N-dealkylation sites (tertiary alicyclic amines) is 1. The number of aliphatic hydroxyl groups excluding tert-OH is 1. The highest BCUT2D eigenvalue weighted by Gasteiger charge is 2.25. The Morgan fingerprint density at radius 3 is 2.55 bits per heavy atom. The van der Waals surface area contributed by atoms with Gasteiger partial charge in [-0.15, -0.1) is 24.0 Å². The normalized spacial score (nSPS) is 23.7. The van der Waals surface area contributed by atoms with Crippen molar-refractivity contribution in [2.24, 2.45) is 10.9 Å². The Morgan fingerprint density at radius 2 is 1.93 bits per heavy atom. The van der Waals surface area contributed by atoms with Gasteiger partial charge in [-0.3, -0.25) is 9.89 Å². The van der Waals surface area contributed by atoms with E-state index in [1.54, 1.807) is 0 Å². The maximum absolute atomic E-state index is 10.0. The van der Waals surface area contributed by atoms with Crippen LogP contribution < -0.4 is 10.6 Å². The quantitative estimate of drug-likeness (QED) is 0.279. The van der Waals surface area contributed by atoms with Crippen LogP contribution in [0, 0.1) is 5.92 Å². The molecule has 1 saturated heterocycles. The van der Waals surface area contributed by atoms with Crippen molar-refractivity contribution in [2.75, 3.05) is 26.2 Å². The topological polar surface area (TPSA) is 59.9 Å². The largest absolute Gasteiger partial charge is 0.393 e. The zero-order valence-corrected chi connectivity index (χ0v) is 20.9. The van der Waals surface area contributed by atoms with Crippen LogP contribution in [0.3, 0.4) is 0 Å². The van der Waals surface area contributed by atoms with Crippen LogP contribution in [0.1, 0.15) is 44.6 Å². The van der Waals surface area contributed by atoms with E-state index in [4.69, 9.17) is 28.2 Å². The minimum atomic E-state index is -0.184. The molecular weight excluding hydrogens is 522 g/mol. The first-order valence-electron chi connectivity index (χ1n) is 10.4. The van der Waals surface area contributed by atoms with Crippen LogP contribution in [0.5, 0.6) is 0 Å². The summed E-state index contributed by atoms with van der Waals surface area (Å²) in [6, 6.07) is 6.30. The zero-order chi connectivity index (χ0) is 19.9. The molecule has 2 aliphatic rings. The maximum Gasteiger partial charge on any atom is 0.191 e. The lowest BCUT2D eigenvalue weighted by molar-refractivity contribution is 0.136. The number of benzene rings is 1. The standard InChI is InChI=1S/C21H32Cl2N4O.HI/c1-2-24-21(25-13-16-4-3-5-20(16)28)26-17-8-10-27(11-9-17)14-15-6-7-18(22)19(23)12-15;/h6-7,12,16-17,20,28H,2-5,8-11,13-14H2,1H3,(H2,24,25,26);1H. The van der Waals surface area contributed by atoms with E-state index in [9.17, 15) is 5.11 Å². The minimum Gasteiger partial charge on any atom is -0.393 e. The number of aliphatic hydroxyl groups is 1. The monoisotopic (exact) mass is 554 g/mol. The van der Waals surface area contributed by atoms with Gasteiger partial charge in [-0.1, -0.05) is 35.7 Å². The summed E-state index contributed by atoms with van der Waals surface area (Å²) in [5.74, 6) is 1.19. The smallest absolute Gasteiger partial charge is 0.191 e. The van der Waals surface area contributed by atoms with E-state index < -0.39 is 0 Å². The van der Waals surface area contributed by atoms with E-state index in [0.717, 1.165) is 64.2 Å². The van der Waals surface area contributed by atoms with Gasteiger partial charge in [-0.25, -0.2) is 0 Å². The highest BCUT2D eigenvalue weighted by molar-refractivity contribution is 14.0. The van der Waals surface area contributed by atoms with Crippen LogP contribution in [0.2, 0.25) is 10.0 Å². The fourth-order valence-corrected chi connectivity index (χ4v) is 4.40. The van der Waals surface area contributed by atoms with Gasteiger partial charge in [0, 0.05) is 44.7 Å². The van der Waals surface area contributed by atoms with E-state index >= 15 is 0 Å². The molecule has 0 bridgehead atoms. The van der Waals surface area contributed by atoms with Crippen LogP contribution in [0.25, 0.3) is 0 Å². The number of hydrogen-bond acceptors (Lipinski definition) is 3. The molecular formula is C21H33Cl2IN4O. The van der Waals surface area contributed by atoms with Crippen molar-refractivity contribution in [3.8, 4) is 0 Å². The van der Waals surface area contributed by atoms with E-state index in [0.29, 0.717) is 28.5 Å². The highest BCUT2D eigenvalue weighted by Crippen LogP contribution is 2.26. The molecule has 0 spiro atoms. The number of aliphatic imine (C=N–C) groups is 1. The second-order valence-electron chi connectivity index (χ2n) is 7.92. The molecule has 1 saturated carbocycles. The number of piperidine rings is 1.